The summed E-state index contributed by atoms with van der Waals surface area (Å²) in [5.41, 5.74) is 1.54. The predicted octanol–water partition coefficient (Wildman–Crippen LogP) is 2.95. The molecule has 1 fully saturated rings. The summed E-state index contributed by atoms with van der Waals surface area (Å²) in [6.45, 7) is 7.10. The molecular weight excluding hydrogens is 288 g/mol. The molecule has 2 aliphatic rings. The van der Waals surface area contributed by atoms with Crippen LogP contribution in [0.5, 0.6) is 0 Å². The third-order valence-corrected chi connectivity index (χ3v) is 5.73. The fourth-order valence-corrected chi connectivity index (χ4v) is 4.80. The van der Waals surface area contributed by atoms with E-state index in [2.05, 4.69) is 45.8 Å². The molecule has 2 nitrogen and oxygen atoms in total. The number of hydrogen-bond donors (Lipinski definition) is 0. The average molecular weight is 311 g/mol. The van der Waals surface area contributed by atoms with Crippen LogP contribution in [0.2, 0.25) is 0 Å². The molecule has 1 atom stereocenters. The Kier molecular flexibility index (Phi) is 5.27. The van der Waals surface area contributed by atoms with Gasteiger partial charge in [-0.05, 0) is 37.6 Å². The minimum Gasteiger partial charge on any atom is -0.301 e. The third kappa shape index (κ3) is 3.70. The van der Waals surface area contributed by atoms with E-state index < -0.39 is 0 Å². The number of halogens is 1. The number of nitrogens with zero attached hydrogens (tertiary/aromatic N) is 2. The lowest BCUT2D eigenvalue weighted by atomic mass is 10.1. The molecule has 0 radical (unpaired) electrons. The van der Waals surface area contributed by atoms with Gasteiger partial charge in [0.1, 0.15) is 0 Å². The first-order valence-electron chi connectivity index (χ1n) is 7.60. The van der Waals surface area contributed by atoms with Gasteiger partial charge in [-0.2, -0.15) is 0 Å². The summed E-state index contributed by atoms with van der Waals surface area (Å²) in [6, 6.07) is 8.87. The molecule has 0 saturated carbocycles. The van der Waals surface area contributed by atoms with E-state index in [1.54, 1.807) is 5.56 Å². The van der Waals surface area contributed by atoms with Gasteiger partial charge in [0.05, 0.1) is 0 Å². The summed E-state index contributed by atoms with van der Waals surface area (Å²) in [5.74, 6) is 0.758. The van der Waals surface area contributed by atoms with Crippen molar-refractivity contribution in [1.29, 1.82) is 0 Å². The van der Waals surface area contributed by atoms with E-state index in [9.17, 15) is 0 Å². The maximum absolute atomic E-state index is 5.85. The molecule has 1 unspecified atom stereocenters. The monoisotopic (exact) mass is 310 g/mol. The summed E-state index contributed by atoms with van der Waals surface area (Å²) >= 11 is 7.93. The lowest BCUT2D eigenvalue weighted by Crippen LogP contribution is -2.35. The molecule has 4 heteroatoms. The number of thioether (sulfide) groups is 1. The predicted molar refractivity (Wildman–Crippen MR) is 88.0 cm³/mol. The minimum atomic E-state index is 0.743. The highest BCUT2D eigenvalue weighted by Gasteiger charge is 2.24. The molecular formula is C16H23ClN2S. The van der Waals surface area contributed by atoms with E-state index >= 15 is 0 Å². The zero-order chi connectivity index (χ0) is 13.8. The quantitative estimate of drug-likeness (QED) is 0.790. The summed E-state index contributed by atoms with van der Waals surface area (Å²) < 4.78 is 0. The summed E-state index contributed by atoms with van der Waals surface area (Å²) in [6.07, 6.45) is 2.52. The average Bonchev–Trinajstić information content (AvgIpc) is 2.73. The number of hydrogen-bond acceptors (Lipinski definition) is 3. The Morgan fingerprint density at radius 3 is 2.75 bits per heavy atom. The molecule has 20 heavy (non-hydrogen) atoms. The molecule has 1 aromatic rings. The maximum atomic E-state index is 5.85. The van der Waals surface area contributed by atoms with Gasteiger partial charge in [-0.3, -0.25) is 0 Å². The van der Waals surface area contributed by atoms with Gasteiger partial charge in [0.25, 0.3) is 0 Å². The Morgan fingerprint density at radius 1 is 1.10 bits per heavy atom. The van der Waals surface area contributed by atoms with Crippen molar-refractivity contribution in [3.8, 4) is 0 Å². The van der Waals surface area contributed by atoms with Crippen molar-refractivity contribution in [2.24, 2.45) is 0 Å². The number of alkyl halides is 1. The Bertz CT molecular complexity index is 415. The highest BCUT2D eigenvalue weighted by molar-refractivity contribution is 8.00. The van der Waals surface area contributed by atoms with E-state index in [-0.39, 0.29) is 0 Å². The van der Waals surface area contributed by atoms with Crippen LogP contribution < -0.4 is 0 Å². The minimum absolute atomic E-state index is 0.743. The molecule has 2 aliphatic heterocycles. The Hall–Kier alpha value is -0.220. The van der Waals surface area contributed by atoms with Gasteiger partial charge >= 0.3 is 0 Å². The first-order chi connectivity index (χ1) is 9.85. The van der Waals surface area contributed by atoms with Gasteiger partial charge < -0.3 is 9.80 Å². The molecule has 0 amide bonds. The zero-order valence-electron chi connectivity index (χ0n) is 11.9. The SMILES string of the molecule is ClCCN1CCCN(CC2Cc3ccccc3S2)CC1. The van der Waals surface area contributed by atoms with E-state index in [1.165, 1.54) is 50.5 Å². The Labute approximate surface area is 131 Å². The van der Waals surface area contributed by atoms with E-state index in [0.717, 1.165) is 17.7 Å². The maximum Gasteiger partial charge on any atom is 0.0351 e. The molecule has 0 aliphatic carbocycles. The van der Waals surface area contributed by atoms with Crippen molar-refractivity contribution in [1.82, 2.24) is 9.80 Å². The topological polar surface area (TPSA) is 6.48 Å². The van der Waals surface area contributed by atoms with Crippen LogP contribution in [0, 0.1) is 0 Å². The molecule has 1 aromatic carbocycles. The second-order valence-corrected chi connectivity index (χ2v) is 7.46. The smallest absolute Gasteiger partial charge is 0.0351 e. The fourth-order valence-electron chi connectivity index (χ4n) is 3.19. The van der Waals surface area contributed by atoms with Crippen molar-refractivity contribution in [3.63, 3.8) is 0 Å². The van der Waals surface area contributed by atoms with Gasteiger partial charge in [-0.1, -0.05) is 18.2 Å². The van der Waals surface area contributed by atoms with Crippen molar-refractivity contribution < 1.29 is 0 Å². The van der Waals surface area contributed by atoms with Crippen molar-refractivity contribution in [2.45, 2.75) is 23.0 Å². The van der Waals surface area contributed by atoms with E-state index in [1.807, 2.05) is 0 Å². The van der Waals surface area contributed by atoms with E-state index in [4.69, 9.17) is 11.6 Å². The normalized spacial score (nSPS) is 24.6. The molecule has 110 valence electrons. The number of fused-ring (bicyclic) bond motifs is 1. The zero-order valence-corrected chi connectivity index (χ0v) is 13.5. The largest absolute Gasteiger partial charge is 0.301 e. The highest BCUT2D eigenvalue weighted by Crippen LogP contribution is 2.37. The van der Waals surface area contributed by atoms with Crippen molar-refractivity contribution in [2.75, 3.05) is 45.1 Å². The van der Waals surface area contributed by atoms with Crippen LogP contribution >= 0.6 is 23.4 Å². The molecule has 0 bridgehead atoms. The van der Waals surface area contributed by atoms with Crippen LogP contribution in [-0.4, -0.2) is 60.2 Å². The summed E-state index contributed by atoms with van der Waals surface area (Å²) in [5, 5.41) is 0.743. The van der Waals surface area contributed by atoms with Gasteiger partial charge in [0, 0.05) is 42.2 Å². The van der Waals surface area contributed by atoms with Crippen LogP contribution in [0.1, 0.15) is 12.0 Å². The molecule has 3 rings (SSSR count). The van der Waals surface area contributed by atoms with Crippen LogP contribution in [0.4, 0.5) is 0 Å². The van der Waals surface area contributed by atoms with Crippen molar-refractivity contribution in [3.05, 3.63) is 29.8 Å². The van der Waals surface area contributed by atoms with Gasteiger partial charge in [0.15, 0.2) is 0 Å². The van der Waals surface area contributed by atoms with Crippen LogP contribution in [-0.2, 0) is 6.42 Å². The van der Waals surface area contributed by atoms with Gasteiger partial charge in [0.2, 0.25) is 0 Å². The Morgan fingerprint density at radius 2 is 1.90 bits per heavy atom. The first-order valence-corrected chi connectivity index (χ1v) is 9.02. The number of benzene rings is 1. The van der Waals surface area contributed by atoms with Crippen molar-refractivity contribution >= 4 is 23.4 Å². The second kappa shape index (κ2) is 7.17. The lowest BCUT2D eigenvalue weighted by molar-refractivity contribution is 0.264. The van der Waals surface area contributed by atoms with Gasteiger partial charge in [-0.15, -0.1) is 23.4 Å². The second-order valence-electron chi connectivity index (χ2n) is 5.74. The molecule has 0 aromatic heterocycles. The summed E-state index contributed by atoms with van der Waals surface area (Å²) in [7, 11) is 0. The first kappa shape index (κ1) is 14.7. The summed E-state index contributed by atoms with van der Waals surface area (Å²) in [4.78, 5) is 6.65. The highest BCUT2D eigenvalue weighted by atomic mass is 35.5. The molecule has 0 spiro atoms. The van der Waals surface area contributed by atoms with Crippen LogP contribution in [0.15, 0.2) is 29.2 Å². The molecule has 1 saturated heterocycles. The van der Waals surface area contributed by atoms with Gasteiger partial charge in [-0.25, -0.2) is 0 Å². The molecule has 0 N–H and O–H groups in total. The third-order valence-electron chi connectivity index (χ3n) is 4.26. The van der Waals surface area contributed by atoms with Crippen LogP contribution in [0.25, 0.3) is 0 Å². The number of rotatable bonds is 4. The standard InChI is InChI=1S/C16H23ClN2S/c17-6-9-18-7-3-8-19(11-10-18)13-15-12-14-4-1-2-5-16(14)20-15/h1-2,4-5,15H,3,6-13H2. The van der Waals surface area contributed by atoms with Crippen LogP contribution in [0.3, 0.4) is 0 Å². The fraction of sp³-hybridized carbons (Fsp3) is 0.625. The Balaban J connectivity index is 1.50. The lowest BCUT2D eigenvalue weighted by Gasteiger charge is -2.23. The van der Waals surface area contributed by atoms with E-state index in [0.29, 0.717) is 0 Å². The molecule has 2 heterocycles.